The average molecular weight is 245 g/mol. The summed E-state index contributed by atoms with van der Waals surface area (Å²) < 4.78 is 0. The molecule has 0 aromatic heterocycles. The second-order valence-electron chi connectivity index (χ2n) is 6.01. The Hall–Kier alpha value is -1.31. The zero-order chi connectivity index (χ0) is 13.3. The van der Waals surface area contributed by atoms with Gasteiger partial charge in [0.2, 0.25) is 0 Å². The van der Waals surface area contributed by atoms with Crippen LogP contribution >= 0.6 is 0 Å². The lowest BCUT2D eigenvalue weighted by molar-refractivity contribution is 0.112. The van der Waals surface area contributed by atoms with E-state index in [-0.39, 0.29) is 5.54 Å². The first-order chi connectivity index (χ1) is 8.49. The highest BCUT2D eigenvalue weighted by Crippen LogP contribution is 2.43. The highest BCUT2D eigenvalue weighted by atomic mass is 16.1. The van der Waals surface area contributed by atoms with Gasteiger partial charge in [0.05, 0.1) is 0 Å². The molecule has 0 unspecified atom stereocenters. The Kier molecular flexibility index (Phi) is 3.47. The summed E-state index contributed by atoms with van der Waals surface area (Å²) in [7, 11) is 0. The molecular weight excluding hydrogens is 222 g/mol. The number of carbonyl (C=O) groups excluding carboxylic acids is 1. The second-order valence-corrected chi connectivity index (χ2v) is 6.01. The predicted octanol–water partition coefficient (Wildman–Crippen LogP) is 4.00. The molecule has 1 aromatic rings. The van der Waals surface area contributed by atoms with Crippen LogP contribution in [0.25, 0.3) is 0 Å². The zero-order valence-electron chi connectivity index (χ0n) is 11.9. The normalized spacial score (nSPS) is 21.6. The van der Waals surface area contributed by atoms with Crippen molar-refractivity contribution >= 4 is 12.0 Å². The van der Waals surface area contributed by atoms with E-state index in [0.717, 1.165) is 31.2 Å². The van der Waals surface area contributed by atoms with E-state index in [0.29, 0.717) is 5.92 Å². The fraction of sp³-hybridized carbons (Fsp3) is 0.562. The lowest BCUT2D eigenvalue weighted by Gasteiger charge is -2.47. The molecular formula is C16H23NO. The molecule has 1 atom stereocenters. The van der Waals surface area contributed by atoms with Crippen molar-refractivity contribution in [2.45, 2.75) is 52.0 Å². The Labute approximate surface area is 110 Å². The van der Waals surface area contributed by atoms with Crippen LogP contribution in [0.2, 0.25) is 0 Å². The van der Waals surface area contributed by atoms with E-state index in [1.807, 2.05) is 6.07 Å². The molecule has 1 heterocycles. The van der Waals surface area contributed by atoms with Crippen molar-refractivity contribution < 1.29 is 4.79 Å². The summed E-state index contributed by atoms with van der Waals surface area (Å²) in [4.78, 5) is 13.4. The van der Waals surface area contributed by atoms with E-state index in [2.05, 4.69) is 44.7 Å². The largest absolute Gasteiger partial charge is 0.366 e. The van der Waals surface area contributed by atoms with Gasteiger partial charge in [-0.25, -0.2) is 0 Å². The molecule has 0 amide bonds. The van der Waals surface area contributed by atoms with Crippen molar-refractivity contribution in [1.29, 1.82) is 0 Å². The quantitative estimate of drug-likeness (QED) is 0.750. The van der Waals surface area contributed by atoms with Crippen LogP contribution in [0.4, 0.5) is 5.69 Å². The Morgan fingerprint density at radius 2 is 2.17 bits per heavy atom. The Bertz CT molecular complexity index is 450. The first-order valence-electron chi connectivity index (χ1n) is 6.86. The summed E-state index contributed by atoms with van der Waals surface area (Å²) in [6.45, 7) is 10.2. The summed E-state index contributed by atoms with van der Waals surface area (Å²) in [6, 6.07) is 6.11. The molecule has 2 heteroatoms. The van der Waals surface area contributed by atoms with Gasteiger partial charge in [-0.1, -0.05) is 13.8 Å². The van der Waals surface area contributed by atoms with Crippen molar-refractivity contribution in [2.75, 3.05) is 11.4 Å². The molecule has 2 rings (SSSR count). The monoisotopic (exact) mass is 245 g/mol. The number of anilines is 1. The van der Waals surface area contributed by atoms with Gasteiger partial charge in [0.15, 0.2) is 0 Å². The first-order valence-corrected chi connectivity index (χ1v) is 6.86. The SMILES string of the molecule is CCCN1c2ccc(C=O)cc2[C@H](C)CC1(C)C. The van der Waals surface area contributed by atoms with Gasteiger partial charge in [0.25, 0.3) is 0 Å². The van der Waals surface area contributed by atoms with Gasteiger partial charge < -0.3 is 4.90 Å². The topological polar surface area (TPSA) is 20.3 Å². The standard InChI is InChI=1S/C16H23NO/c1-5-8-17-15-7-6-13(11-18)9-14(15)12(2)10-16(17,3)4/h6-7,9,11-12H,5,8,10H2,1-4H3/t12-/m1/s1. The first kappa shape index (κ1) is 13.1. The van der Waals surface area contributed by atoms with Crippen LogP contribution in [0, 0.1) is 0 Å². The lowest BCUT2D eigenvalue weighted by Crippen LogP contribution is -2.48. The highest BCUT2D eigenvalue weighted by molar-refractivity contribution is 5.77. The van der Waals surface area contributed by atoms with E-state index >= 15 is 0 Å². The highest BCUT2D eigenvalue weighted by Gasteiger charge is 2.35. The lowest BCUT2D eigenvalue weighted by atomic mass is 9.79. The van der Waals surface area contributed by atoms with Gasteiger partial charge in [0, 0.05) is 23.3 Å². The van der Waals surface area contributed by atoms with E-state index in [4.69, 9.17) is 0 Å². The predicted molar refractivity (Wildman–Crippen MR) is 76.6 cm³/mol. The Morgan fingerprint density at radius 1 is 1.44 bits per heavy atom. The second kappa shape index (κ2) is 4.75. The molecule has 0 N–H and O–H groups in total. The molecule has 0 bridgehead atoms. The molecule has 1 aromatic carbocycles. The van der Waals surface area contributed by atoms with E-state index in [9.17, 15) is 4.79 Å². The van der Waals surface area contributed by atoms with Crippen molar-refractivity contribution in [3.05, 3.63) is 29.3 Å². The third-order valence-corrected chi connectivity index (χ3v) is 3.99. The van der Waals surface area contributed by atoms with E-state index < -0.39 is 0 Å². The molecule has 0 spiro atoms. The fourth-order valence-electron chi connectivity index (χ4n) is 3.23. The fourth-order valence-corrected chi connectivity index (χ4v) is 3.23. The number of carbonyl (C=O) groups is 1. The smallest absolute Gasteiger partial charge is 0.150 e. The van der Waals surface area contributed by atoms with Gasteiger partial charge in [-0.15, -0.1) is 0 Å². The maximum Gasteiger partial charge on any atom is 0.150 e. The third-order valence-electron chi connectivity index (χ3n) is 3.99. The van der Waals surface area contributed by atoms with E-state index in [1.165, 1.54) is 11.3 Å². The van der Waals surface area contributed by atoms with Crippen LogP contribution < -0.4 is 4.90 Å². The van der Waals surface area contributed by atoms with Gasteiger partial charge in [-0.2, -0.15) is 0 Å². The van der Waals surface area contributed by atoms with Crippen LogP contribution in [-0.4, -0.2) is 18.4 Å². The summed E-state index contributed by atoms with van der Waals surface area (Å²) in [5.41, 5.74) is 3.63. The number of aldehydes is 1. The molecule has 98 valence electrons. The minimum absolute atomic E-state index is 0.200. The number of rotatable bonds is 3. The van der Waals surface area contributed by atoms with Gasteiger partial charge >= 0.3 is 0 Å². The summed E-state index contributed by atoms with van der Waals surface area (Å²) in [5, 5.41) is 0. The van der Waals surface area contributed by atoms with Crippen molar-refractivity contribution in [3.8, 4) is 0 Å². The maximum absolute atomic E-state index is 10.9. The number of benzene rings is 1. The minimum atomic E-state index is 0.200. The molecule has 0 aliphatic carbocycles. The van der Waals surface area contributed by atoms with Crippen LogP contribution in [0.15, 0.2) is 18.2 Å². The molecule has 0 fully saturated rings. The third kappa shape index (κ3) is 2.16. The Balaban J connectivity index is 2.50. The minimum Gasteiger partial charge on any atom is -0.366 e. The number of fused-ring (bicyclic) bond motifs is 1. The molecule has 1 aliphatic heterocycles. The van der Waals surface area contributed by atoms with Gasteiger partial charge in [0.1, 0.15) is 6.29 Å². The summed E-state index contributed by atoms with van der Waals surface area (Å²) in [6.07, 6.45) is 3.23. The molecule has 18 heavy (non-hydrogen) atoms. The zero-order valence-corrected chi connectivity index (χ0v) is 11.9. The van der Waals surface area contributed by atoms with Crippen LogP contribution in [0.3, 0.4) is 0 Å². The van der Waals surface area contributed by atoms with Crippen molar-refractivity contribution in [2.24, 2.45) is 0 Å². The van der Waals surface area contributed by atoms with Crippen LogP contribution in [-0.2, 0) is 0 Å². The van der Waals surface area contributed by atoms with E-state index in [1.54, 1.807) is 0 Å². The summed E-state index contributed by atoms with van der Waals surface area (Å²) in [5.74, 6) is 0.517. The molecule has 2 nitrogen and oxygen atoms in total. The Morgan fingerprint density at radius 3 is 2.78 bits per heavy atom. The summed E-state index contributed by atoms with van der Waals surface area (Å²) >= 11 is 0. The van der Waals surface area contributed by atoms with Crippen molar-refractivity contribution in [3.63, 3.8) is 0 Å². The van der Waals surface area contributed by atoms with Crippen LogP contribution in [0.5, 0.6) is 0 Å². The van der Waals surface area contributed by atoms with Crippen LogP contribution in [0.1, 0.15) is 62.4 Å². The molecule has 0 saturated carbocycles. The number of hydrogen-bond acceptors (Lipinski definition) is 2. The average Bonchev–Trinajstić information content (AvgIpc) is 2.33. The molecule has 0 saturated heterocycles. The van der Waals surface area contributed by atoms with Crippen molar-refractivity contribution in [1.82, 2.24) is 0 Å². The maximum atomic E-state index is 10.9. The number of nitrogens with zero attached hydrogens (tertiary/aromatic N) is 1. The van der Waals surface area contributed by atoms with Gasteiger partial charge in [-0.05, 0) is 56.4 Å². The van der Waals surface area contributed by atoms with Gasteiger partial charge in [-0.3, -0.25) is 4.79 Å². The molecule has 0 radical (unpaired) electrons. The molecule has 1 aliphatic rings. The number of hydrogen-bond donors (Lipinski definition) is 0.